The maximum atomic E-state index is 11.5. The van der Waals surface area contributed by atoms with Gasteiger partial charge in [-0.3, -0.25) is 4.79 Å². The van der Waals surface area contributed by atoms with Gasteiger partial charge in [-0.05, 0) is 37.5 Å². The molecule has 1 unspecified atom stereocenters. The molecule has 0 saturated carbocycles. The van der Waals surface area contributed by atoms with Crippen molar-refractivity contribution >= 4 is 5.78 Å². The molecule has 1 aliphatic heterocycles. The summed E-state index contributed by atoms with van der Waals surface area (Å²) in [7, 11) is 0. The van der Waals surface area contributed by atoms with Crippen LogP contribution in [0.25, 0.3) is 0 Å². The Labute approximate surface area is 96.6 Å². The summed E-state index contributed by atoms with van der Waals surface area (Å²) >= 11 is 0. The molecular formula is C14H18O2. The summed E-state index contributed by atoms with van der Waals surface area (Å²) < 4.78 is 5.80. The highest BCUT2D eigenvalue weighted by atomic mass is 16.5. The lowest BCUT2D eigenvalue weighted by atomic mass is 9.86. The van der Waals surface area contributed by atoms with E-state index in [0.29, 0.717) is 25.2 Å². The van der Waals surface area contributed by atoms with Gasteiger partial charge in [0.25, 0.3) is 0 Å². The molecule has 1 saturated heterocycles. The highest BCUT2D eigenvalue weighted by Crippen LogP contribution is 2.33. The fraction of sp³-hybridized carbons (Fsp3) is 0.500. The molecule has 0 bridgehead atoms. The van der Waals surface area contributed by atoms with Crippen LogP contribution in [0, 0.1) is 13.8 Å². The number of ether oxygens (including phenoxy) is 1. The van der Waals surface area contributed by atoms with Gasteiger partial charge in [-0.25, -0.2) is 0 Å². The number of hydrogen-bond acceptors (Lipinski definition) is 2. The van der Waals surface area contributed by atoms with Crippen LogP contribution >= 0.6 is 0 Å². The quantitative estimate of drug-likeness (QED) is 0.724. The number of aryl methyl sites for hydroxylation is 2. The van der Waals surface area contributed by atoms with Crippen LogP contribution in [0.2, 0.25) is 0 Å². The molecule has 1 fully saturated rings. The van der Waals surface area contributed by atoms with Crippen molar-refractivity contribution in [3.63, 3.8) is 0 Å². The molecule has 1 aliphatic rings. The van der Waals surface area contributed by atoms with Crippen molar-refractivity contribution in [1.82, 2.24) is 0 Å². The second kappa shape index (κ2) is 4.02. The van der Waals surface area contributed by atoms with Crippen LogP contribution in [0.1, 0.15) is 36.5 Å². The van der Waals surface area contributed by atoms with Crippen LogP contribution < -0.4 is 0 Å². The van der Waals surface area contributed by atoms with Gasteiger partial charge < -0.3 is 4.74 Å². The second-order valence-electron chi connectivity index (χ2n) is 4.84. The lowest BCUT2D eigenvalue weighted by molar-refractivity contribution is -0.138. The van der Waals surface area contributed by atoms with Crippen LogP contribution in [0.3, 0.4) is 0 Å². The third-order valence-corrected chi connectivity index (χ3v) is 3.45. The Bertz CT molecular complexity index is 423. The Morgan fingerprint density at radius 1 is 1.25 bits per heavy atom. The number of Topliss-reactive ketones (excluding diaryl/α,β-unsaturated/α-hetero) is 1. The molecule has 0 aliphatic carbocycles. The van der Waals surface area contributed by atoms with Crippen LogP contribution in [-0.2, 0) is 15.1 Å². The van der Waals surface area contributed by atoms with E-state index in [2.05, 4.69) is 32.0 Å². The summed E-state index contributed by atoms with van der Waals surface area (Å²) in [5.74, 6) is 0.298. The zero-order valence-corrected chi connectivity index (χ0v) is 10.2. The lowest BCUT2D eigenvalue weighted by Gasteiger charge is -2.33. The first-order chi connectivity index (χ1) is 7.51. The third kappa shape index (κ3) is 2.03. The number of benzene rings is 1. The average Bonchev–Trinajstić information content (AvgIpc) is 2.21. The molecular weight excluding hydrogens is 200 g/mol. The lowest BCUT2D eigenvalue weighted by Crippen LogP contribution is -2.34. The minimum atomic E-state index is -0.423. The maximum absolute atomic E-state index is 11.5. The Morgan fingerprint density at radius 3 is 2.62 bits per heavy atom. The molecule has 0 N–H and O–H groups in total. The summed E-state index contributed by atoms with van der Waals surface area (Å²) in [5.41, 5.74) is 3.21. The van der Waals surface area contributed by atoms with E-state index >= 15 is 0 Å². The number of rotatable bonds is 1. The van der Waals surface area contributed by atoms with Crippen molar-refractivity contribution in [2.24, 2.45) is 0 Å². The number of carbonyl (C=O) groups is 1. The summed E-state index contributed by atoms with van der Waals surface area (Å²) in [5, 5.41) is 0. The molecule has 0 radical (unpaired) electrons. The van der Waals surface area contributed by atoms with Gasteiger partial charge in [-0.15, -0.1) is 0 Å². The summed E-state index contributed by atoms with van der Waals surface area (Å²) in [6, 6.07) is 6.30. The SMILES string of the molecule is Cc1ccc(C2(C)CC(=O)CCO2)cc1C. The molecule has 16 heavy (non-hydrogen) atoms. The molecule has 2 heteroatoms. The Morgan fingerprint density at radius 2 is 2.00 bits per heavy atom. The first kappa shape index (κ1) is 11.3. The van der Waals surface area contributed by atoms with Crippen molar-refractivity contribution in [2.75, 3.05) is 6.61 Å². The van der Waals surface area contributed by atoms with Crippen LogP contribution in [0.15, 0.2) is 18.2 Å². The van der Waals surface area contributed by atoms with E-state index in [1.165, 1.54) is 11.1 Å². The van der Waals surface area contributed by atoms with Crippen molar-refractivity contribution in [2.45, 2.75) is 39.2 Å². The highest BCUT2D eigenvalue weighted by Gasteiger charge is 2.34. The van der Waals surface area contributed by atoms with Gasteiger partial charge in [0.1, 0.15) is 5.78 Å². The van der Waals surface area contributed by atoms with Gasteiger partial charge in [-0.1, -0.05) is 18.2 Å². The number of hydrogen-bond donors (Lipinski definition) is 0. The predicted octanol–water partition coefficient (Wildman–Crippen LogP) is 2.90. The zero-order valence-electron chi connectivity index (χ0n) is 10.2. The standard InChI is InChI=1S/C14H18O2/c1-10-4-5-12(8-11(10)2)14(3)9-13(15)6-7-16-14/h4-5,8H,6-7,9H2,1-3H3. The van der Waals surface area contributed by atoms with Crippen LogP contribution in [-0.4, -0.2) is 12.4 Å². The normalized spacial score (nSPS) is 25.8. The summed E-state index contributed by atoms with van der Waals surface area (Å²) in [4.78, 5) is 11.5. The van der Waals surface area contributed by atoms with Gasteiger partial charge in [-0.2, -0.15) is 0 Å². The molecule has 2 rings (SSSR count). The molecule has 1 heterocycles. The average molecular weight is 218 g/mol. The van der Waals surface area contributed by atoms with Crippen LogP contribution in [0.4, 0.5) is 0 Å². The maximum Gasteiger partial charge on any atom is 0.138 e. The monoisotopic (exact) mass is 218 g/mol. The number of ketones is 1. The van der Waals surface area contributed by atoms with Crippen molar-refractivity contribution in [3.8, 4) is 0 Å². The minimum Gasteiger partial charge on any atom is -0.370 e. The zero-order chi connectivity index (χ0) is 11.8. The van der Waals surface area contributed by atoms with E-state index in [0.717, 1.165) is 5.56 Å². The van der Waals surface area contributed by atoms with Gasteiger partial charge in [0.15, 0.2) is 0 Å². The van der Waals surface area contributed by atoms with E-state index in [1.54, 1.807) is 0 Å². The van der Waals surface area contributed by atoms with Crippen molar-refractivity contribution < 1.29 is 9.53 Å². The van der Waals surface area contributed by atoms with Gasteiger partial charge in [0, 0.05) is 12.8 Å². The molecule has 0 spiro atoms. The Balaban J connectivity index is 2.34. The van der Waals surface area contributed by atoms with E-state index in [9.17, 15) is 4.79 Å². The molecule has 1 aromatic rings. The van der Waals surface area contributed by atoms with E-state index in [4.69, 9.17) is 4.74 Å². The molecule has 1 aromatic carbocycles. The van der Waals surface area contributed by atoms with E-state index in [1.807, 2.05) is 6.92 Å². The largest absolute Gasteiger partial charge is 0.370 e. The summed E-state index contributed by atoms with van der Waals surface area (Å²) in [6.07, 6.45) is 1.05. The first-order valence-corrected chi connectivity index (χ1v) is 5.75. The fourth-order valence-electron chi connectivity index (χ4n) is 2.16. The topological polar surface area (TPSA) is 26.3 Å². The van der Waals surface area contributed by atoms with Crippen molar-refractivity contribution in [3.05, 3.63) is 34.9 Å². The summed E-state index contributed by atoms with van der Waals surface area (Å²) in [6.45, 7) is 6.73. The number of carbonyl (C=O) groups excluding carboxylic acids is 1. The molecule has 2 nitrogen and oxygen atoms in total. The predicted molar refractivity (Wildman–Crippen MR) is 63.5 cm³/mol. The van der Waals surface area contributed by atoms with Crippen molar-refractivity contribution in [1.29, 1.82) is 0 Å². The molecule has 86 valence electrons. The Kier molecular flexibility index (Phi) is 2.85. The molecule has 1 atom stereocenters. The Hall–Kier alpha value is -1.15. The third-order valence-electron chi connectivity index (χ3n) is 3.45. The van der Waals surface area contributed by atoms with E-state index < -0.39 is 5.60 Å². The molecule has 0 amide bonds. The second-order valence-corrected chi connectivity index (χ2v) is 4.84. The highest BCUT2D eigenvalue weighted by molar-refractivity contribution is 5.80. The first-order valence-electron chi connectivity index (χ1n) is 5.75. The minimum absolute atomic E-state index is 0.298. The van der Waals surface area contributed by atoms with E-state index in [-0.39, 0.29) is 0 Å². The van der Waals surface area contributed by atoms with Gasteiger partial charge in [0.2, 0.25) is 0 Å². The van der Waals surface area contributed by atoms with Gasteiger partial charge in [0.05, 0.1) is 12.2 Å². The molecule has 0 aromatic heterocycles. The fourth-order valence-corrected chi connectivity index (χ4v) is 2.16. The smallest absolute Gasteiger partial charge is 0.138 e. The van der Waals surface area contributed by atoms with Gasteiger partial charge >= 0.3 is 0 Å². The van der Waals surface area contributed by atoms with Crippen LogP contribution in [0.5, 0.6) is 0 Å².